The average Bonchev–Trinajstić information content (AvgIpc) is 2.82. The Morgan fingerprint density at radius 1 is 0.683 bits per heavy atom. The Morgan fingerprint density at radius 3 is 1.73 bits per heavy atom. The number of carbonyl (C=O) groups excluding carboxylic acids is 2. The standard InChI is InChI=1S/C24H11F12IN2O2/c25-14-5-2-6-15(26)17(14)20(41)38-12-4-1-3-10(7-12)19(40)39-18-13(22(28,29)30)8-11(9-16(18)37)21(27,23(31,32)33)24(34,35)36/h1-9H,(H,38,41)(H,39,40). The Bertz CT molecular complexity index is 1470. The number of amides is 2. The summed E-state index contributed by atoms with van der Waals surface area (Å²) in [5.41, 5.74) is -13.9. The Morgan fingerprint density at radius 2 is 1.22 bits per heavy atom. The molecule has 0 saturated heterocycles. The fraction of sp³-hybridized carbons (Fsp3) is 0.167. The highest BCUT2D eigenvalue weighted by Gasteiger charge is 2.73. The number of carbonyl (C=O) groups is 2. The summed E-state index contributed by atoms with van der Waals surface area (Å²) in [4.78, 5) is 25.0. The lowest BCUT2D eigenvalue weighted by molar-refractivity contribution is -0.348. The smallest absolute Gasteiger partial charge is 0.322 e. The first kappa shape index (κ1) is 32.0. The van der Waals surface area contributed by atoms with Crippen LogP contribution in [0.3, 0.4) is 0 Å². The van der Waals surface area contributed by atoms with Crippen LogP contribution in [0.15, 0.2) is 54.6 Å². The van der Waals surface area contributed by atoms with Crippen molar-refractivity contribution in [1.82, 2.24) is 0 Å². The summed E-state index contributed by atoms with van der Waals surface area (Å²) >= 11 is 0.892. The number of rotatable bonds is 5. The Labute approximate surface area is 234 Å². The van der Waals surface area contributed by atoms with Gasteiger partial charge in [-0.15, -0.1) is 0 Å². The predicted octanol–water partition coefficient (Wildman–Crippen LogP) is 8.38. The SMILES string of the molecule is O=C(Nc1c(I)cc(C(F)(C(F)(F)F)C(F)(F)F)cc1C(F)(F)F)c1cccc(NC(=O)c2c(F)cccc2F)c1. The van der Waals surface area contributed by atoms with E-state index >= 15 is 0 Å². The second kappa shape index (κ2) is 11.1. The van der Waals surface area contributed by atoms with E-state index in [1.54, 1.807) is 5.32 Å². The zero-order valence-electron chi connectivity index (χ0n) is 19.4. The zero-order chi connectivity index (χ0) is 31.1. The third-order valence-electron chi connectivity index (χ3n) is 5.39. The molecule has 0 aliphatic heterocycles. The molecular weight excluding hydrogens is 703 g/mol. The Balaban J connectivity index is 2.01. The number of benzene rings is 3. The molecule has 17 heteroatoms. The van der Waals surface area contributed by atoms with Gasteiger partial charge in [0.2, 0.25) is 0 Å². The van der Waals surface area contributed by atoms with Gasteiger partial charge in [0.05, 0.1) is 11.3 Å². The van der Waals surface area contributed by atoms with Crippen LogP contribution < -0.4 is 10.6 Å². The topological polar surface area (TPSA) is 58.2 Å². The summed E-state index contributed by atoms with van der Waals surface area (Å²) in [5.74, 6) is -5.16. The lowest BCUT2D eigenvalue weighted by Crippen LogP contribution is -2.50. The van der Waals surface area contributed by atoms with Crippen molar-refractivity contribution in [2.24, 2.45) is 0 Å². The Kier molecular flexibility index (Phi) is 8.63. The van der Waals surface area contributed by atoms with Crippen molar-refractivity contribution in [2.45, 2.75) is 24.2 Å². The summed E-state index contributed by atoms with van der Waals surface area (Å²) in [5, 5.41) is 3.77. The van der Waals surface area contributed by atoms with Gasteiger partial charge in [-0.05, 0) is 65.1 Å². The van der Waals surface area contributed by atoms with Crippen LogP contribution in [0.5, 0.6) is 0 Å². The van der Waals surface area contributed by atoms with Crippen molar-refractivity contribution in [3.63, 3.8) is 0 Å². The molecule has 0 fully saturated rings. The monoisotopic (exact) mass is 714 g/mol. The second-order valence-electron chi connectivity index (χ2n) is 8.12. The molecule has 0 aromatic heterocycles. The van der Waals surface area contributed by atoms with E-state index in [4.69, 9.17) is 0 Å². The molecule has 41 heavy (non-hydrogen) atoms. The van der Waals surface area contributed by atoms with Gasteiger partial charge in [-0.3, -0.25) is 9.59 Å². The molecule has 2 amide bonds. The highest BCUT2D eigenvalue weighted by molar-refractivity contribution is 14.1. The predicted molar refractivity (Wildman–Crippen MR) is 128 cm³/mol. The van der Waals surface area contributed by atoms with Gasteiger partial charge in [0.1, 0.15) is 17.2 Å². The van der Waals surface area contributed by atoms with Crippen LogP contribution in [0.1, 0.15) is 31.8 Å². The summed E-state index contributed by atoms with van der Waals surface area (Å²) in [6.45, 7) is 0. The van der Waals surface area contributed by atoms with Crippen LogP contribution in [0.2, 0.25) is 0 Å². The number of hydrogen-bond donors (Lipinski definition) is 2. The first-order valence-corrected chi connectivity index (χ1v) is 11.7. The lowest BCUT2D eigenvalue weighted by Gasteiger charge is -2.31. The van der Waals surface area contributed by atoms with E-state index in [0.717, 1.165) is 65.1 Å². The second-order valence-corrected chi connectivity index (χ2v) is 9.28. The van der Waals surface area contributed by atoms with Gasteiger partial charge in [0, 0.05) is 20.4 Å². The largest absolute Gasteiger partial charge is 0.435 e. The van der Waals surface area contributed by atoms with Crippen molar-refractivity contribution in [3.05, 3.63) is 92.1 Å². The number of anilines is 2. The van der Waals surface area contributed by atoms with Gasteiger partial charge in [-0.25, -0.2) is 13.2 Å². The maximum Gasteiger partial charge on any atom is 0.435 e. The quantitative estimate of drug-likeness (QED) is 0.206. The highest BCUT2D eigenvalue weighted by Crippen LogP contribution is 2.54. The molecule has 3 aromatic rings. The summed E-state index contributed by atoms with van der Waals surface area (Å²) in [6.07, 6.45) is -19.1. The van der Waals surface area contributed by atoms with Gasteiger partial charge in [-0.1, -0.05) is 12.1 Å². The molecular formula is C24H11F12IN2O2. The molecule has 0 unspecified atom stereocenters. The van der Waals surface area contributed by atoms with E-state index in [9.17, 15) is 62.3 Å². The highest BCUT2D eigenvalue weighted by atomic mass is 127. The number of nitrogens with one attached hydrogen (secondary N) is 2. The first-order valence-electron chi connectivity index (χ1n) is 10.6. The molecule has 0 spiro atoms. The van der Waals surface area contributed by atoms with Gasteiger partial charge in [0.25, 0.3) is 11.8 Å². The molecule has 4 nitrogen and oxygen atoms in total. The minimum Gasteiger partial charge on any atom is -0.322 e. The van der Waals surface area contributed by atoms with E-state index in [-0.39, 0.29) is 11.8 Å². The molecule has 0 heterocycles. The van der Waals surface area contributed by atoms with Crippen LogP contribution in [0.4, 0.5) is 64.1 Å². The number of hydrogen-bond acceptors (Lipinski definition) is 2. The molecule has 0 saturated carbocycles. The molecule has 3 aromatic carbocycles. The molecule has 2 N–H and O–H groups in total. The van der Waals surface area contributed by atoms with Crippen LogP contribution in [-0.2, 0) is 11.8 Å². The molecule has 0 bridgehead atoms. The normalized spacial score (nSPS) is 12.7. The summed E-state index contributed by atoms with van der Waals surface area (Å²) < 4.78 is 161. The fourth-order valence-corrected chi connectivity index (χ4v) is 4.24. The maximum absolute atomic E-state index is 14.5. The van der Waals surface area contributed by atoms with E-state index < -0.39 is 85.2 Å². The lowest BCUT2D eigenvalue weighted by atomic mass is 9.92. The molecule has 0 atom stereocenters. The first-order chi connectivity index (χ1) is 18.7. The minimum atomic E-state index is -6.70. The van der Waals surface area contributed by atoms with Crippen LogP contribution in [-0.4, -0.2) is 24.2 Å². The average molecular weight is 714 g/mol. The van der Waals surface area contributed by atoms with Crippen molar-refractivity contribution < 1.29 is 62.3 Å². The van der Waals surface area contributed by atoms with Gasteiger partial charge >= 0.3 is 24.2 Å². The molecule has 0 aliphatic rings. The zero-order valence-corrected chi connectivity index (χ0v) is 21.6. The number of alkyl halides is 10. The van der Waals surface area contributed by atoms with Crippen LogP contribution >= 0.6 is 22.6 Å². The molecule has 3 rings (SSSR count). The maximum atomic E-state index is 14.5. The Hall–Kier alpha value is -3.51. The van der Waals surface area contributed by atoms with E-state index in [2.05, 4.69) is 5.32 Å². The minimum absolute atomic E-state index is 0.147. The van der Waals surface area contributed by atoms with E-state index in [1.807, 2.05) is 0 Å². The molecule has 0 radical (unpaired) electrons. The van der Waals surface area contributed by atoms with Gasteiger partial charge in [-0.2, -0.15) is 39.5 Å². The third kappa shape index (κ3) is 6.38. The van der Waals surface area contributed by atoms with Crippen LogP contribution in [0.25, 0.3) is 0 Å². The van der Waals surface area contributed by atoms with Gasteiger partial charge < -0.3 is 10.6 Å². The number of halogens is 13. The van der Waals surface area contributed by atoms with E-state index in [1.165, 1.54) is 0 Å². The van der Waals surface area contributed by atoms with E-state index in [0.29, 0.717) is 0 Å². The van der Waals surface area contributed by atoms with Gasteiger partial charge in [0.15, 0.2) is 0 Å². The van der Waals surface area contributed by atoms with Crippen molar-refractivity contribution in [3.8, 4) is 0 Å². The summed E-state index contributed by atoms with van der Waals surface area (Å²) in [6, 6.07) is 5.74. The molecule has 0 aliphatic carbocycles. The van der Waals surface area contributed by atoms with Crippen molar-refractivity contribution >= 4 is 45.8 Å². The fourth-order valence-electron chi connectivity index (χ4n) is 3.48. The van der Waals surface area contributed by atoms with Crippen molar-refractivity contribution in [1.29, 1.82) is 0 Å². The summed E-state index contributed by atoms with van der Waals surface area (Å²) in [7, 11) is 0. The third-order valence-corrected chi connectivity index (χ3v) is 6.24. The van der Waals surface area contributed by atoms with Crippen molar-refractivity contribution in [2.75, 3.05) is 10.6 Å². The van der Waals surface area contributed by atoms with Crippen LogP contribution in [0, 0.1) is 15.2 Å². The molecule has 220 valence electrons.